The maximum Gasteiger partial charge on any atom is 0.137 e. The molecule has 138 valence electrons. The highest BCUT2D eigenvalue weighted by Crippen LogP contribution is 2.43. The molecule has 1 N–H and O–H groups in total. The summed E-state index contributed by atoms with van der Waals surface area (Å²) in [5, 5.41) is 1.30. The highest BCUT2D eigenvalue weighted by Gasteiger charge is 2.38. The third-order valence-electron chi connectivity index (χ3n) is 6.16. The molecule has 0 amide bonds. The number of hydrogen-bond acceptors (Lipinski definition) is 2. The van der Waals surface area contributed by atoms with Crippen LogP contribution in [0.4, 0.5) is 0 Å². The molecule has 1 aliphatic rings. The lowest BCUT2D eigenvalue weighted by Gasteiger charge is -2.45. The fourth-order valence-electron chi connectivity index (χ4n) is 4.54. The summed E-state index contributed by atoms with van der Waals surface area (Å²) in [5.41, 5.74) is 4.20. The van der Waals surface area contributed by atoms with Gasteiger partial charge in [0.2, 0.25) is 0 Å². The first-order valence-electron chi connectivity index (χ1n) is 9.31. The Kier molecular flexibility index (Phi) is 5.69. The lowest BCUT2D eigenvalue weighted by molar-refractivity contribution is 0.0928. The Morgan fingerprint density at radius 2 is 1.81 bits per heavy atom. The van der Waals surface area contributed by atoms with Gasteiger partial charge in [-0.3, -0.25) is 0 Å². The van der Waals surface area contributed by atoms with Crippen LogP contribution in [-0.4, -0.2) is 34.5 Å². The summed E-state index contributed by atoms with van der Waals surface area (Å²) in [5.74, 6) is 0.641. The van der Waals surface area contributed by atoms with Crippen LogP contribution in [0.2, 0.25) is 0 Å². The van der Waals surface area contributed by atoms with Crippen molar-refractivity contribution in [2.24, 2.45) is 0 Å². The number of hydrogen-bond donors (Lipinski definition) is 1. The van der Waals surface area contributed by atoms with Gasteiger partial charge in [0.15, 0.2) is 0 Å². The predicted molar refractivity (Wildman–Crippen MR) is 111 cm³/mol. The summed E-state index contributed by atoms with van der Waals surface area (Å²) >= 11 is 0. The van der Waals surface area contributed by atoms with E-state index in [1.165, 1.54) is 42.2 Å². The molecule has 0 unspecified atom stereocenters. The number of nitrogens with one attached hydrogen (secondary N) is 1. The van der Waals surface area contributed by atoms with Crippen molar-refractivity contribution in [3.63, 3.8) is 0 Å². The fraction of sp³-hybridized carbons (Fsp3) is 0.409. The number of H-pyrrole nitrogens is 1. The van der Waals surface area contributed by atoms with Gasteiger partial charge in [-0.1, -0.05) is 30.3 Å². The molecule has 4 rings (SSSR count). The molecule has 2 heterocycles. The van der Waals surface area contributed by atoms with E-state index in [-0.39, 0.29) is 17.9 Å². The molecular formula is C22H28ClN3. The molecule has 26 heavy (non-hydrogen) atoms. The molecular weight excluding hydrogens is 342 g/mol. The van der Waals surface area contributed by atoms with Crippen molar-refractivity contribution in [1.29, 1.82) is 0 Å². The zero-order valence-electron chi connectivity index (χ0n) is 15.6. The van der Waals surface area contributed by atoms with Crippen LogP contribution in [0.15, 0.2) is 54.9 Å². The molecule has 1 fully saturated rings. The molecule has 0 spiro atoms. The van der Waals surface area contributed by atoms with Crippen LogP contribution in [0.5, 0.6) is 0 Å². The SMILES string of the molecule is CN(C)C1(Cc2ccccc2)CCC(c2c[nH]c3ncccc23)CC1.Cl. The van der Waals surface area contributed by atoms with Crippen molar-refractivity contribution in [3.05, 3.63) is 66.0 Å². The summed E-state index contributed by atoms with van der Waals surface area (Å²) in [6.45, 7) is 0. The Morgan fingerprint density at radius 1 is 1.08 bits per heavy atom. The van der Waals surface area contributed by atoms with Gasteiger partial charge < -0.3 is 9.88 Å². The number of pyridine rings is 1. The van der Waals surface area contributed by atoms with Gasteiger partial charge in [-0.15, -0.1) is 12.4 Å². The number of likely N-dealkylation sites (N-methyl/N-ethyl adjacent to an activating group) is 1. The van der Waals surface area contributed by atoms with Crippen LogP contribution >= 0.6 is 12.4 Å². The minimum atomic E-state index is 0. The van der Waals surface area contributed by atoms with Crippen LogP contribution in [0, 0.1) is 0 Å². The van der Waals surface area contributed by atoms with E-state index < -0.39 is 0 Å². The summed E-state index contributed by atoms with van der Waals surface area (Å²) in [4.78, 5) is 10.3. The molecule has 1 aromatic carbocycles. The Hall–Kier alpha value is -1.84. The van der Waals surface area contributed by atoms with Crippen molar-refractivity contribution >= 4 is 23.4 Å². The monoisotopic (exact) mass is 369 g/mol. The van der Waals surface area contributed by atoms with Gasteiger partial charge in [-0.05, 0) is 75.4 Å². The third-order valence-corrected chi connectivity index (χ3v) is 6.16. The average molecular weight is 370 g/mol. The Morgan fingerprint density at radius 3 is 2.50 bits per heavy atom. The van der Waals surface area contributed by atoms with E-state index in [9.17, 15) is 0 Å². The minimum Gasteiger partial charge on any atom is -0.346 e. The molecule has 0 radical (unpaired) electrons. The zero-order valence-corrected chi connectivity index (χ0v) is 16.4. The number of aromatic amines is 1. The van der Waals surface area contributed by atoms with Crippen molar-refractivity contribution in [3.8, 4) is 0 Å². The maximum absolute atomic E-state index is 4.45. The van der Waals surface area contributed by atoms with Crippen LogP contribution < -0.4 is 0 Å². The molecule has 1 aliphatic carbocycles. The normalized spacial score (nSPS) is 23.1. The van der Waals surface area contributed by atoms with Gasteiger partial charge in [-0.25, -0.2) is 4.98 Å². The molecule has 2 aromatic heterocycles. The number of aromatic nitrogens is 2. The van der Waals surface area contributed by atoms with E-state index in [1.807, 2.05) is 12.3 Å². The lowest BCUT2D eigenvalue weighted by Crippen LogP contribution is -2.48. The van der Waals surface area contributed by atoms with Crippen LogP contribution in [0.1, 0.15) is 42.7 Å². The van der Waals surface area contributed by atoms with Crippen molar-refractivity contribution in [2.45, 2.75) is 43.6 Å². The number of nitrogens with zero attached hydrogens (tertiary/aromatic N) is 2. The van der Waals surface area contributed by atoms with Crippen molar-refractivity contribution in [2.75, 3.05) is 14.1 Å². The topological polar surface area (TPSA) is 31.9 Å². The maximum atomic E-state index is 4.45. The first-order chi connectivity index (χ1) is 12.2. The molecule has 0 saturated heterocycles. The van der Waals surface area contributed by atoms with Gasteiger partial charge in [0, 0.05) is 23.3 Å². The zero-order chi connectivity index (χ0) is 17.3. The number of fused-ring (bicyclic) bond motifs is 1. The van der Waals surface area contributed by atoms with Crippen LogP contribution in [-0.2, 0) is 6.42 Å². The Balaban J connectivity index is 0.00000196. The molecule has 0 bridgehead atoms. The van der Waals surface area contributed by atoms with E-state index in [2.05, 4.69) is 71.6 Å². The third kappa shape index (κ3) is 3.51. The highest BCUT2D eigenvalue weighted by molar-refractivity contribution is 5.85. The first-order valence-corrected chi connectivity index (χ1v) is 9.31. The summed E-state index contributed by atoms with van der Waals surface area (Å²) in [7, 11) is 4.50. The summed E-state index contributed by atoms with van der Waals surface area (Å²) < 4.78 is 0. The largest absolute Gasteiger partial charge is 0.346 e. The van der Waals surface area contributed by atoms with Gasteiger partial charge in [0.1, 0.15) is 5.65 Å². The second-order valence-corrected chi connectivity index (χ2v) is 7.70. The first kappa shape index (κ1) is 18.9. The highest BCUT2D eigenvalue weighted by atomic mass is 35.5. The van der Waals surface area contributed by atoms with Gasteiger partial charge in [0.25, 0.3) is 0 Å². The molecule has 1 saturated carbocycles. The second kappa shape index (κ2) is 7.81. The second-order valence-electron chi connectivity index (χ2n) is 7.70. The average Bonchev–Trinajstić information content (AvgIpc) is 3.07. The van der Waals surface area contributed by atoms with E-state index in [1.54, 1.807) is 0 Å². The standard InChI is InChI=1S/C22H27N3.ClH/c1-25(2)22(15-17-7-4-3-5-8-17)12-10-18(11-13-22)20-16-24-21-19(20)9-6-14-23-21;/h3-9,14,16,18H,10-13,15H2,1-2H3,(H,23,24);1H. The van der Waals surface area contributed by atoms with E-state index in [4.69, 9.17) is 0 Å². The summed E-state index contributed by atoms with van der Waals surface area (Å²) in [6, 6.07) is 15.2. The Labute approximate surface area is 162 Å². The fourth-order valence-corrected chi connectivity index (χ4v) is 4.54. The number of benzene rings is 1. The van der Waals surface area contributed by atoms with E-state index in [0.717, 1.165) is 12.1 Å². The minimum absolute atomic E-state index is 0. The molecule has 0 aliphatic heterocycles. The van der Waals surface area contributed by atoms with Crippen molar-refractivity contribution in [1.82, 2.24) is 14.9 Å². The van der Waals surface area contributed by atoms with E-state index in [0.29, 0.717) is 5.92 Å². The number of rotatable bonds is 4. The quantitative estimate of drug-likeness (QED) is 0.686. The molecule has 0 atom stereocenters. The van der Waals surface area contributed by atoms with Crippen LogP contribution in [0.25, 0.3) is 11.0 Å². The molecule has 3 nitrogen and oxygen atoms in total. The predicted octanol–water partition coefficient (Wildman–Crippen LogP) is 5.19. The molecule has 4 heteroatoms. The van der Waals surface area contributed by atoms with Crippen molar-refractivity contribution < 1.29 is 0 Å². The van der Waals surface area contributed by atoms with Crippen LogP contribution in [0.3, 0.4) is 0 Å². The van der Waals surface area contributed by atoms with Gasteiger partial charge in [-0.2, -0.15) is 0 Å². The summed E-state index contributed by atoms with van der Waals surface area (Å²) in [6.07, 6.45) is 10.2. The van der Waals surface area contributed by atoms with E-state index >= 15 is 0 Å². The molecule has 3 aromatic rings. The number of halogens is 1. The van der Waals surface area contributed by atoms with Gasteiger partial charge >= 0.3 is 0 Å². The lowest BCUT2D eigenvalue weighted by atomic mass is 9.71. The smallest absolute Gasteiger partial charge is 0.137 e. The van der Waals surface area contributed by atoms with Gasteiger partial charge in [0.05, 0.1) is 0 Å². The Bertz CT molecular complexity index is 833.